The van der Waals surface area contributed by atoms with Crippen molar-refractivity contribution >= 4 is 11.8 Å². The summed E-state index contributed by atoms with van der Waals surface area (Å²) in [4.78, 5) is 29.6. The van der Waals surface area contributed by atoms with E-state index in [0.717, 1.165) is 22.6 Å². The molecular formula is C29H37N3O5. The number of hydrogen-bond acceptors (Lipinski definition) is 5. The van der Waals surface area contributed by atoms with Crippen molar-refractivity contribution in [3.63, 3.8) is 0 Å². The Labute approximate surface area is 219 Å². The normalized spacial score (nSPS) is 10.8. The molecule has 0 radical (unpaired) electrons. The number of aromatic nitrogens is 1. The zero-order valence-corrected chi connectivity index (χ0v) is 22.0. The van der Waals surface area contributed by atoms with E-state index in [0.29, 0.717) is 39.2 Å². The summed E-state index contributed by atoms with van der Waals surface area (Å²) < 4.78 is 17.7. The number of methoxy groups -OCH3 is 3. The first-order chi connectivity index (χ1) is 18.0. The standard InChI is InChI=1S/C29H37N3O5/c1-35-17-9-16-31(29(34)23-36-2)22-28(33)32(19-24-10-5-4-6-11-24)21-26-13-8-15-30(26)20-25-12-7-14-27(18-25)37-3/h4-8,10-15,18H,9,16-17,19-23H2,1-3H3. The van der Waals surface area contributed by atoms with Gasteiger partial charge in [0.25, 0.3) is 0 Å². The lowest BCUT2D eigenvalue weighted by atomic mass is 10.2. The summed E-state index contributed by atoms with van der Waals surface area (Å²) in [5, 5.41) is 0. The molecule has 0 atom stereocenters. The number of carbonyl (C=O) groups is 2. The van der Waals surface area contributed by atoms with Gasteiger partial charge in [0, 0.05) is 52.4 Å². The predicted octanol–water partition coefficient (Wildman–Crippen LogP) is 3.59. The van der Waals surface area contributed by atoms with Gasteiger partial charge in [0.05, 0.1) is 20.2 Å². The molecule has 0 saturated heterocycles. The van der Waals surface area contributed by atoms with Crippen LogP contribution in [-0.4, -0.2) is 73.8 Å². The van der Waals surface area contributed by atoms with Gasteiger partial charge in [-0.1, -0.05) is 42.5 Å². The van der Waals surface area contributed by atoms with E-state index < -0.39 is 0 Å². The van der Waals surface area contributed by atoms with E-state index in [1.165, 1.54) is 7.11 Å². The van der Waals surface area contributed by atoms with Crippen molar-refractivity contribution in [1.82, 2.24) is 14.4 Å². The number of benzene rings is 2. The van der Waals surface area contributed by atoms with Crippen molar-refractivity contribution < 1.29 is 23.8 Å². The number of rotatable bonds is 15. The van der Waals surface area contributed by atoms with Gasteiger partial charge in [0.15, 0.2) is 0 Å². The third kappa shape index (κ3) is 8.77. The summed E-state index contributed by atoms with van der Waals surface area (Å²) >= 11 is 0. The van der Waals surface area contributed by atoms with E-state index >= 15 is 0 Å². The molecule has 3 rings (SSSR count). The van der Waals surface area contributed by atoms with Gasteiger partial charge in [-0.05, 0) is 41.8 Å². The van der Waals surface area contributed by atoms with Crippen LogP contribution in [0, 0.1) is 0 Å². The van der Waals surface area contributed by atoms with Gasteiger partial charge in [0.2, 0.25) is 11.8 Å². The van der Waals surface area contributed by atoms with Gasteiger partial charge >= 0.3 is 0 Å². The lowest BCUT2D eigenvalue weighted by Gasteiger charge is -2.28. The van der Waals surface area contributed by atoms with E-state index in [1.54, 1.807) is 24.0 Å². The van der Waals surface area contributed by atoms with Crippen LogP contribution in [0.25, 0.3) is 0 Å². The molecule has 0 saturated carbocycles. The zero-order valence-electron chi connectivity index (χ0n) is 22.0. The van der Waals surface area contributed by atoms with Crippen LogP contribution in [0.15, 0.2) is 72.9 Å². The minimum Gasteiger partial charge on any atom is -0.497 e. The Morgan fingerprint density at radius 3 is 2.32 bits per heavy atom. The van der Waals surface area contributed by atoms with Gasteiger partial charge in [-0.2, -0.15) is 0 Å². The number of amides is 2. The largest absolute Gasteiger partial charge is 0.497 e. The maximum Gasteiger partial charge on any atom is 0.249 e. The SMILES string of the molecule is COCCCN(CC(=O)N(Cc1ccccc1)Cc1cccn1Cc1cccc(OC)c1)C(=O)COC. The molecule has 0 aliphatic heterocycles. The van der Waals surface area contributed by atoms with Gasteiger partial charge < -0.3 is 28.6 Å². The fourth-order valence-electron chi connectivity index (χ4n) is 4.12. The Morgan fingerprint density at radius 2 is 1.59 bits per heavy atom. The average molecular weight is 508 g/mol. The highest BCUT2D eigenvalue weighted by atomic mass is 16.5. The second kappa shape index (κ2) is 14.8. The van der Waals surface area contributed by atoms with E-state index in [-0.39, 0.29) is 25.0 Å². The van der Waals surface area contributed by atoms with Crippen molar-refractivity contribution in [2.24, 2.45) is 0 Å². The minimum atomic E-state index is -0.215. The summed E-state index contributed by atoms with van der Waals surface area (Å²) in [7, 11) is 4.75. The van der Waals surface area contributed by atoms with Crippen LogP contribution in [0.2, 0.25) is 0 Å². The number of hydrogen-bond donors (Lipinski definition) is 0. The third-order valence-corrected chi connectivity index (χ3v) is 6.06. The first-order valence-corrected chi connectivity index (χ1v) is 12.4. The van der Waals surface area contributed by atoms with Crippen LogP contribution in [-0.2, 0) is 38.7 Å². The molecule has 8 heteroatoms. The molecule has 0 aliphatic carbocycles. The third-order valence-electron chi connectivity index (χ3n) is 6.06. The van der Waals surface area contributed by atoms with Crippen LogP contribution in [0.3, 0.4) is 0 Å². The highest BCUT2D eigenvalue weighted by Crippen LogP contribution is 2.17. The first-order valence-electron chi connectivity index (χ1n) is 12.4. The van der Waals surface area contributed by atoms with Crippen LogP contribution in [0.4, 0.5) is 0 Å². The van der Waals surface area contributed by atoms with E-state index in [2.05, 4.69) is 10.6 Å². The monoisotopic (exact) mass is 507 g/mol. The molecule has 2 aromatic carbocycles. The quantitative estimate of drug-likeness (QED) is 0.294. The van der Waals surface area contributed by atoms with Crippen molar-refractivity contribution in [2.75, 3.05) is 47.6 Å². The van der Waals surface area contributed by atoms with Crippen LogP contribution in [0.1, 0.15) is 23.2 Å². The Bertz CT molecular complexity index is 1120. The van der Waals surface area contributed by atoms with Crippen molar-refractivity contribution in [3.8, 4) is 5.75 Å². The fraction of sp³-hybridized carbons (Fsp3) is 0.379. The Kier molecular flexibility index (Phi) is 11.2. The maximum atomic E-state index is 13.6. The summed E-state index contributed by atoms with van der Waals surface area (Å²) in [6.07, 6.45) is 2.65. The van der Waals surface area contributed by atoms with Gasteiger partial charge in [-0.25, -0.2) is 0 Å². The molecule has 2 amide bonds. The molecule has 0 fully saturated rings. The average Bonchev–Trinajstić information content (AvgIpc) is 3.34. The van der Waals surface area contributed by atoms with Gasteiger partial charge in [-0.3, -0.25) is 9.59 Å². The lowest BCUT2D eigenvalue weighted by Crippen LogP contribution is -2.44. The van der Waals surface area contributed by atoms with E-state index in [9.17, 15) is 9.59 Å². The first kappa shape index (κ1) is 28.0. The Morgan fingerprint density at radius 1 is 0.811 bits per heavy atom. The van der Waals surface area contributed by atoms with Crippen molar-refractivity contribution in [2.45, 2.75) is 26.1 Å². The molecular weight excluding hydrogens is 470 g/mol. The van der Waals surface area contributed by atoms with Crippen LogP contribution < -0.4 is 4.74 Å². The molecule has 0 unspecified atom stereocenters. The highest BCUT2D eigenvalue weighted by Gasteiger charge is 2.22. The molecule has 3 aromatic rings. The molecule has 1 aromatic heterocycles. The number of carbonyl (C=O) groups excluding carboxylic acids is 2. The number of ether oxygens (including phenoxy) is 3. The molecule has 8 nitrogen and oxygen atoms in total. The van der Waals surface area contributed by atoms with Gasteiger partial charge in [0.1, 0.15) is 12.4 Å². The summed E-state index contributed by atoms with van der Waals surface area (Å²) in [5.74, 6) is 0.467. The second-order valence-electron chi connectivity index (χ2n) is 8.81. The molecule has 0 N–H and O–H groups in total. The van der Waals surface area contributed by atoms with Crippen LogP contribution >= 0.6 is 0 Å². The molecule has 1 heterocycles. The number of nitrogens with zero attached hydrogens (tertiary/aromatic N) is 3. The lowest BCUT2D eigenvalue weighted by molar-refractivity contribution is -0.143. The Hall–Kier alpha value is -3.62. The van der Waals surface area contributed by atoms with E-state index in [4.69, 9.17) is 14.2 Å². The van der Waals surface area contributed by atoms with E-state index in [1.807, 2.05) is 66.9 Å². The molecule has 0 spiro atoms. The van der Waals surface area contributed by atoms with Crippen molar-refractivity contribution in [3.05, 3.63) is 89.7 Å². The molecule has 198 valence electrons. The smallest absolute Gasteiger partial charge is 0.249 e. The highest BCUT2D eigenvalue weighted by molar-refractivity contribution is 5.85. The molecule has 0 aliphatic rings. The summed E-state index contributed by atoms with van der Waals surface area (Å²) in [5.41, 5.74) is 3.13. The summed E-state index contributed by atoms with van der Waals surface area (Å²) in [6.45, 7) is 2.35. The van der Waals surface area contributed by atoms with Gasteiger partial charge in [-0.15, -0.1) is 0 Å². The minimum absolute atomic E-state index is 0.0185. The molecule has 37 heavy (non-hydrogen) atoms. The topological polar surface area (TPSA) is 73.2 Å². The molecule has 0 bridgehead atoms. The fourth-order valence-corrected chi connectivity index (χ4v) is 4.12. The second-order valence-corrected chi connectivity index (χ2v) is 8.81. The van der Waals surface area contributed by atoms with Crippen molar-refractivity contribution in [1.29, 1.82) is 0 Å². The maximum absolute atomic E-state index is 13.6. The van der Waals surface area contributed by atoms with Crippen LogP contribution in [0.5, 0.6) is 5.75 Å². The summed E-state index contributed by atoms with van der Waals surface area (Å²) in [6, 6.07) is 21.8. The predicted molar refractivity (Wildman–Crippen MR) is 142 cm³/mol. The zero-order chi connectivity index (χ0) is 26.5. The Balaban J connectivity index is 1.80.